The van der Waals surface area contributed by atoms with Crippen LogP contribution in [-0.4, -0.2) is 34.0 Å². The highest BCUT2D eigenvalue weighted by Gasteiger charge is 2.17. The lowest BCUT2D eigenvalue weighted by atomic mass is 10.2. The molecular formula is C16H21N3O2. The van der Waals surface area contributed by atoms with Gasteiger partial charge in [-0.15, -0.1) is 0 Å². The van der Waals surface area contributed by atoms with Gasteiger partial charge in [0.25, 0.3) is 0 Å². The quantitative estimate of drug-likeness (QED) is 0.785. The van der Waals surface area contributed by atoms with E-state index >= 15 is 0 Å². The molecule has 0 spiro atoms. The third-order valence-corrected chi connectivity index (χ3v) is 3.14. The van der Waals surface area contributed by atoms with Crippen molar-refractivity contribution in [3.05, 3.63) is 36.2 Å². The highest BCUT2D eigenvalue weighted by atomic mass is 16.5. The fraction of sp³-hybridized carbons (Fsp3) is 0.438. The molecule has 0 radical (unpaired) electrons. The Hall–Kier alpha value is -2.17. The maximum absolute atomic E-state index is 12.2. The summed E-state index contributed by atoms with van der Waals surface area (Å²) in [6, 6.07) is 9.59. The summed E-state index contributed by atoms with van der Waals surface area (Å²) >= 11 is 0. The summed E-state index contributed by atoms with van der Waals surface area (Å²) in [7, 11) is 0. The molecule has 0 N–H and O–H groups in total. The van der Waals surface area contributed by atoms with E-state index in [-0.39, 0.29) is 12.3 Å². The molecule has 0 unspecified atom stereocenters. The van der Waals surface area contributed by atoms with Gasteiger partial charge < -0.3 is 9.42 Å². The monoisotopic (exact) mass is 287 g/mol. The summed E-state index contributed by atoms with van der Waals surface area (Å²) < 4.78 is 5.19. The molecule has 5 nitrogen and oxygen atoms in total. The van der Waals surface area contributed by atoms with Gasteiger partial charge in [-0.25, -0.2) is 0 Å². The number of nitrogens with zero attached hydrogens (tertiary/aromatic N) is 3. The van der Waals surface area contributed by atoms with Crippen LogP contribution in [0.25, 0.3) is 11.4 Å². The topological polar surface area (TPSA) is 59.2 Å². The highest BCUT2D eigenvalue weighted by Crippen LogP contribution is 2.15. The molecule has 0 fully saturated rings. The molecule has 0 aliphatic carbocycles. The van der Waals surface area contributed by atoms with Crippen LogP contribution in [0.2, 0.25) is 0 Å². The SMILES string of the molecule is CCCN(CCC)C(=O)Cc1nc(-c2ccccc2)no1. The van der Waals surface area contributed by atoms with Crippen molar-refractivity contribution in [2.45, 2.75) is 33.1 Å². The molecule has 0 aliphatic rings. The van der Waals surface area contributed by atoms with E-state index in [9.17, 15) is 4.79 Å². The fourth-order valence-corrected chi connectivity index (χ4v) is 2.17. The Balaban J connectivity index is 2.03. The lowest BCUT2D eigenvalue weighted by Gasteiger charge is -2.20. The lowest BCUT2D eigenvalue weighted by molar-refractivity contribution is -0.130. The molecule has 0 saturated carbocycles. The Morgan fingerprint density at radius 3 is 2.43 bits per heavy atom. The first-order valence-electron chi connectivity index (χ1n) is 7.40. The Morgan fingerprint density at radius 1 is 1.14 bits per heavy atom. The van der Waals surface area contributed by atoms with Crippen LogP contribution in [0.4, 0.5) is 0 Å². The molecule has 2 aromatic rings. The minimum absolute atomic E-state index is 0.0435. The van der Waals surface area contributed by atoms with Crippen molar-refractivity contribution in [3.63, 3.8) is 0 Å². The smallest absolute Gasteiger partial charge is 0.236 e. The zero-order chi connectivity index (χ0) is 15.1. The van der Waals surface area contributed by atoms with E-state index < -0.39 is 0 Å². The molecular weight excluding hydrogens is 266 g/mol. The van der Waals surface area contributed by atoms with Gasteiger partial charge in [0.15, 0.2) is 0 Å². The number of carbonyl (C=O) groups excluding carboxylic acids is 1. The lowest BCUT2D eigenvalue weighted by Crippen LogP contribution is -2.33. The molecule has 0 atom stereocenters. The van der Waals surface area contributed by atoms with E-state index in [0.717, 1.165) is 31.5 Å². The van der Waals surface area contributed by atoms with Crippen LogP contribution in [0.15, 0.2) is 34.9 Å². The Morgan fingerprint density at radius 2 is 1.81 bits per heavy atom. The molecule has 1 aromatic heterocycles. The van der Waals surface area contributed by atoms with E-state index in [1.807, 2.05) is 35.2 Å². The standard InChI is InChI=1S/C16H21N3O2/c1-3-10-19(11-4-2)15(20)12-14-17-16(18-21-14)13-8-6-5-7-9-13/h5-9H,3-4,10-12H2,1-2H3. The van der Waals surface area contributed by atoms with Crippen molar-refractivity contribution in [2.75, 3.05) is 13.1 Å². The molecule has 1 aromatic carbocycles. The van der Waals surface area contributed by atoms with Gasteiger partial charge >= 0.3 is 0 Å². The number of hydrogen-bond donors (Lipinski definition) is 0. The molecule has 0 saturated heterocycles. The van der Waals surface area contributed by atoms with Gasteiger partial charge in [0.1, 0.15) is 6.42 Å². The van der Waals surface area contributed by atoms with Crippen molar-refractivity contribution >= 4 is 5.91 Å². The summed E-state index contributed by atoms with van der Waals surface area (Å²) in [5.74, 6) is 0.939. The van der Waals surface area contributed by atoms with Gasteiger partial charge in [-0.1, -0.05) is 49.3 Å². The van der Waals surface area contributed by atoms with Crippen LogP contribution >= 0.6 is 0 Å². The van der Waals surface area contributed by atoms with Gasteiger partial charge in [-0.05, 0) is 12.8 Å². The molecule has 2 rings (SSSR count). The summed E-state index contributed by atoms with van der Waals surface area (Å²) in [5, 5.41) is 3.93. The zero-order valence-corrected chi connectivity index (χ0v) is 12.6. The molecule has 112 valence electrons. The Bertz CT molecular complexity index is 560. The van der Waals surface area contributed by atoms with Crippen LogP contribution in [0.5, 0.6) is 0 Å². The summed E-state index contributed by atoms with van der Waals surface area (Å²) in [6.07, 6.45) is 2.06. The third kappa shape index (κ3) is 4.15. The summed E-state index contributed by atoms with van der Waals surface area (Å²) in [4.78, 5) is 18.4. The first kappa shape index (κ1) is 15.2. The average molecular weight is 287 g/mol. The maximum atomic E-state index is 12.2. The number of aromatic nitrogens is 2. The minimum Gasteiger partial charge on any atom is -0.342 e. The number of rotatable bonds is 7. The molecule has 1 heterocycles. The molecule has 5 heteroatoms. The van der Waals surface area contributed by atoms with E-state index in [4.69, 9.17) is 4.52 Å². The second-order valence-corrected chi connectivity index (χ2v) is 4.94. The van der Waals surface area contributed by atoms with Gasteiger partial charge in [0.05, 0.1) is 0 Å². The second-order valence-electron chi connectivity index (χ2n) is 4.94. The average Bonchev–Trinajstić information content (AvgIpc) is 2.96. The number of amides is 1. The largest absolute Gasteiger partial charge is 0.342 e. The van der Waals surface area contributed by atoms with Gasteiger partial charge in [0.2, 0.25) is 17.6 Å². The molecule has 21 heavy (non-hydrogen) atoms. The van der Waals surface area contributed by atoms with Crippen LogP contribution in [0.3, 0.4) is 0 Å². The number of carbonyl (C=O) groups is 1. The van der Waals surface area contributed by atoms with Crippen LogP contribution < -0.4 is 0 Å². The summed E-state index contributed by atoms with van der Waals surface area (Å²) in [6.45, 7) is 5.67. The van der Waals surface area contributed by atoms with Crippen molar-refractivity contribution in [2.24, 2.45) is 0 Å². The van der Waals surface area contributed by atoms with Crippen LogP contribution in [-0.2, 0) is 11.2 Å². The van der Waals surface area contributed by atoms with Gasteiger partial charge in [-0.3, -0.25) is 4.79 Å². The third-order valence-electron chi connectivity index (χ3n) is 3.14. The number of hydrogen-bond acceptors (Lipinski definition) is 4. The molecule has 0 aliphatic heterocycles. The van der Waals surface area contributed by atoms with Crippen molar-refractivity contribution < 1.29 is 9.32 Å². The van der Waals surface area contributed by atoms with E-state index in [1.165, 1.54) is 0 Å². The van der Waals surface area contributed by atoms with Crippen LogP contribution in [0, 0.1) is 0 Å². The first-order valence-corrected chi connectivity index (χ1v) is 7.40. The zero-order valence-electron chi connectivity index (χ0n) is 12.6. The van der Waals surface area contributed by atoms with Crippen molar-refractivity contribution in [1.82, 2.24) is 15.0 Å². The fourth-order valence-electron chi connectivity index (χ4n) is 2.17. The normalized spacial score (nSPS) is 10.6. The highest BCUT2D eigenvalue weighted by molar-refractivity contribution is 5.77. The van der Waals surface area contributed by atoms with Gasteiger partial charge in [-0.2, -0.15) is 4.98 Å². The Kier molecular flexibility index (Phi) is 5.49. The van der Waals surface area contributed by atoms with Crippen LogP contribution in [0.1, 0.15) is 32.6 Å². The van der Waals surface area contributed by atoms with E-state index in [0.29, 0.717) is 11.7 Å². The van der Waals surface area contributed by atoms with E-state index in [1.54, 1.807) is 0 Å². The van der Waals surface area contributed by atoms with E-state index in [2.05, 4.69) is 24.0 Å². The summed E-state index contributed by atoms with van der Waals surface area (Å²) in [5.41, 5.74) is 0.888. The molecule has 1 amide bonds. The molecule has 0 bridgehead atoms. The van der Waals surface area contributed by atoms with Crippen molar-refractivity contribution in [1.29, 1.82) is 0 Å². The van der Waals surface area contributed by atoms with Gasteiger partial charge in [0, 0.05) is 18.7 Å². The predicted molar refractivity (Wildman–Crippen MR) is 80.6 cm³/mol. The predicted octanol–water partition coefficient (Wildman–Crippen LogP) is 2.93. The number of benzene rings is 1. The maximum Gasteiger partial charge on any atom is 0.236 e. The second kappa shape index (κ2) is 7.57. The van der Waals surface area contributed by atoms with Crippen molar-refractivity contribution in [3.8, 4) is 11.4 Å². The first-order chi connectivity index (χ1) is 10.2. The Labute approximate surface area is 125 Å². The minimum atomic E-state index is 0.0435.